The summed E-state index contributed by atoms with van der Waals surface area (Å²) in [6.07, 6.45) is 0. The molecule has 2 amide bonds. The van der Waals surface area contributed by atoms with Crippen molar-refractivity contribution in [1.82, 2.24) is 9.80 Å². The van der Waals surface area contributed by atoms with Gasteiger partial charge in [-0.25, -0.2) is 0 Å². The highest BCUT2D eigenvalue weighted by Gasteiger charge is 1.99. The van der Waals surface area contributed by atoms with Crippen LogP contribution in [0.3, 0.4) is 0 Å². The van der Waals surface area contributed by atoms with Crippen LogP contribution >= 0.6 is 0 Å². The molecule has 0 saturated carbocycles. The highest BCUT2D eigenvalue weighted by atomic mass is 16.2. The van der Waals surface area contributed by atoms with Crippen molar-refractivity contribution in [1.29, 1.82) is 0 Å². The van der Waals surface area contributed by atoms with Crippen molar-refractivity contribution in [3.63, 3.8) is 0 Å². The first-order valence-electron chi connectivity index (χ1n) is 5.95. The Hall–Kier alpha value is -1.06. The van der Waals surface area contributed by atoms with Crippen LogP contribution in [0.25, 0.3) is 0 Å². The molecule has 0 aromatic heterocycles. The van der Waals surface area contributed by atoms with Crippen LogP contribution in [-0.2, 0) is 9.59 Å². The molecule has 0 unspecified atom stereocenters. The Morgan fingerprint density at radius 1 is 0.688 bits per heavy atom. The molecule has 0 aromatic rings. The Kier molecular flexibility index (Phi) is 11.3. The predicted octanol–water partition coefficient (Wildman–Crippen LogP) is 1.75. The minimum atomic E-state index is 0.162. The molecule has 16 heavy (non-hydrogen) atoms. The molecule has 0 atom stereocenters. The van der Waals surface area contributed by atoms with Gasteiger partial charge in [-0.3, -0.25) is 9.59 Å². The molecule has 96 valence electrons. The molecule has 0 rings (SSSR count). The molecule has 0 saturated heterocycles. The van der Waals surface area contributed by atoms with Crippen LogP contribution in [0.15, 0.2) is 0 Å². The summed E-state index contributed by atoms with van der Waals surface area (Å²) in [5, 5.41) is 0. The monoisotopic (exact) mass is 230 g/mol. The van der Waals surface area contributed by atoms with Crippen molar-refractivity contribution >= 4 is 11.8 Å². The van der Waals surface area contributed by atoms with E-state index in [-0.39, 0.29) is 11.8 Å². The number of carbonyl (C=O) groups is 2. The fourth-order valence-electron chi connectivity index (χ4n) is 1.34. The van der Waals surface area contributed by atoms with Crippen LogP contribution in [0.1, 0.15) is 41.5 Å². The van der Waals surface area contributed by atoms with E-state index in [1.807, 2.05) is 27.7 Å². The van der Waals surface area contributed by atoms with Crippen molar-refractivity contribution in [2.75, 3.05) is 26.2 Å². The highest BCUT2D eigenvalue weighted by molar-refractivity contribution is 5.73. The lowest BCUT2D eigenvalue weighted by Gasteiger charge is -2.14. The van der Waals surface area contributed by atoms with Crippen LogP contribution in [0.4, 0.5) is 0 Å². The van der Waals surface area contributed by atoms with Crippen molar-refractivity contribution in [3.05, 3.63) is 0 Å². The third-order valence-corrected chi connectivity index (χ3v) is 2.42. The zero-order chi connectivity index (χ0) is 13.1. The lowest BCUT2D eigenvalue weighted by atomic mass is 10.5. The topological polar surface area (TPSA) is 40.6 Å². The maximum Gasteiger partial charge on any atom is 0.219 e. The molecule has 0 radical (unpaired) electrons. The molecule has 0 aliphatic carbocycles. The van der Waals surface area contributed by atoms with Crippen LogP contribution < -0.4 is 0 Å². The summed E-state index contributed by atoms with van der Waals surface area (Å²) < 4.78 is 0. The van der Waals surface area contributed by atoms with E-state index >= 15 is 0 Å². The Morgan fingerprint density at radius 3 is 0.875 bits per heavy atom. The van der Waals surface area contributed by atoms with Gasteiger partial charge in [0.25, 0.3) is 0 Å². The van der Waals surface area contributed by atoms with Crippen LogP contribution in [0, 0.1) is 0 Å². The predicted molar refractivity (Wildman–Crippen MR) is 67.2 cm³/mol. The lowest BCUT2D eigenvalue weighted by molar-refractivity contribution is -0.129. The summed E-state index contributed by atoms with van der Waals surface area (Å²) in [7, 11) is 0. The average Bonchev–Trinajstić information content (AvgIpc) is 2.21. The minimum Gasteiger partial charge on any atom is -0.343 e. The summed E-state index contributed by atoms with van der Waals surface area (Å²) in [6, 6.07) is 0. The largest absolute Gasteiger partial charge is 0.343 e. The van der Waals surface area contributed by atoms with Crippen molar-refractivity contribution < 1.29 is 9.59 Å². The molecule has 0 spiro atoms. The fourth-order valence-corrected chi connectivity index (χ4v) is 1.34. The van der Waals surface area contributed by atoms with Crippen molar-refractivity contribution in [2.24, 2.45) is 0 Å². The number of hydrogen-bond donors (Lipinski definition) is 0. The van der Waals surface area contributed by atoms with Gasteiger partial charge < -0.3 is 9.80 Å². The number of carbonyl (C=O) groups excluding carboxylic acids is 2. The number of rotatable bonds is 4. The van der Waals surface area contributed by atoms with E-state index in [1.165, 1.54) is 0 Å². The minimum absolute atomic E-state index is 0.162. The normalized spacial score (nSPS) is 8.88. The van der Waals surface area contributed by atoms with Gasteiger partial charge in [-0.15, -0.1) is 0 Å². The van der Waals surface area contributed by atoms with E-state index in [9.17, 15) is 9.59 Å². The van der Waals surface area contributed by atoms with Crippen LogP contribution in [-0.4, -0.2) is 47.8 Å². The van der Waals surface area contributed by atoms with Gasteiger partial charge in [0.2, 0.25) is 11.8 Å². The lowest BCUT2D eigenvalue weighted by Crippen LogP contribution is -2.27. The third kappa shape index (κ3) is 8.26. The standard InChI is InChI=1S/2C6H13NO/c2*1-4-7(5-2)6(3)8/h2*4-5H2,1-3H3. The first-order valence-corrected chi connectivity index (χ1v) is 5.95. The number of nitrogens with zero attached hydrogens (tertiary/aromatic N) is 2. The molecule has 0 aliphatic heterocycles. The van der Waals surface area contributed by atoms with Gasteiger partial charge in [0.1, 0.15) is 0 Å². The van der Waals surface area contributed by atoms with Gasteiger partial charge in [-0.1, -0.05) is 0 Å². The Labute approximate surface area is 99.6 Å². The molecule has 0 bridgehead atoms. The SMILES string of the molecule is CCN(CC)C(C)=O.CCN(CC)C(C)=O. The third-order valence-electron chi connectivity index (χ3n) is 2.42. The molecule has 0 aromatic carbocycles. The highest BCUT2D eigenvalue weighted by Crippen LogP contribution is 1.85. The van der Waals surface area contributed by atoms with Gasteiger partial charge in [0.05, 0.1) is 0 Å². The maximum atomic E-state index is 10.5. The summed E-state index contributed by atoms with van der Waals surface area (Å²) in [5.41, 5.74) is 0. The second-order valence-corrected chi connectivity index (χ2v) is 3.38. The summed E-state index contributed by atoms with van der Waals surface area (Å²) in [6.45, 7) is 14.4. The van der Waals surface area contributed by atoms with Crippen molar-refractivity contribution in [3.8, 4) is 0 Å². The smallest absolute Gasteiger partial charge is 0.219 e. The average molecular weight is 230 g/mol. The molecule has 0 N–H and O–H groups in total. The van der Waals surface area contributed by atoms with Crippen LogP contribution in [0.2, 0.25) is 0 Å². The quantitative estimate of drug-likeness (QED) is 0.738. The molecule has 0 heterocycles. The van der Waals surface area contributed by atoms with Gasteiger partial charge in [0.15, 0.2) is 0 Å². The Morgan fingerprint density at radius 2 is 0.875 bits per heavy atom. The van der Waals surface area contributed by atoms with Crippen molar-refractivity contribution in [2.45, 2.75) is 41.5 Å². The van der Waals surface area contributed by atoms with E-state index in [2.05, 4.69) is 0 Å². The Bertz CT molecular complexity index is 175. The Balaban J connectivity index is 0. The molecular weight excluding hydrogens is 204 g/mol. The van der Waals surface area contributed by atoms with Crippen LogP contribution in [0.5, 0.6) is 0 Å². The molecule has 0 fully saturated rings. The second kappa shape index (κ2) is 10.5. The van der Waals surface area contributed by atoms with E-state index in [0.29, 0.717) is 0 Å². The van der Waals surface area contributed by atoms with Gasteiger partial charge in [-0.05, 0) is 27.7 Å². The number of hydrogen-bond acceptors (Lipinski definition) is 2. The van der Waals surface area contributed by atoms with Gasteiger partial charge in [0, 0.05) is 40.0 Å². The zero-order valence-corrected chi connectivity index (χ0v) is 11.5. The molecule has 4 heteroatoms. The molecule has 0 aliphatic rings. The van der Waals surface area contributed by atoms with E-state index in [0.717, 1.165) is 26.2 Å². The van der Waals surface area contributed by atoms with E-state index in [4.69, 9.17) is 0 Å². The first kappa shape index (κ1) is 17.3. The first-order chi connectivity index (χ1) is 7.44. The van der Waals surface area contributed by atoms with E-state index in [1.54, 1.807) is 23.6 Å². The molecular formula is C12H26N2O2. The summed E-state index contributed by atoms with van der Waals surface area (Å²) in [4.78, 5) is 24.6. The fraction of sp³-hybridized carbons (Fsp3) is 0.833. The summed E-state index contributed by atoms with van der Waals surface area (Å²) in [5.74, 6) is 0.324. The number of amides is 2. The second-order valence-electron chi connectivity index (χ2n) is 3.38. The van der Waals surface area contributed by atoms with E-state index < -0.39 is 0 Å². The zero-order valence-electron chi connectivity index (χ0n) is 11.5. The van der Waals surface area contributed by atoms with Gasteiger partial charge in [-0.2, -0.15) is 0 Å². The summed E-state index contributed by atoms with van der Waals surface area (Å²) >= 11 is 0. The maximum absolute atomic E-state index is 10.5. The molecule has 4 nitrogen and oxygen atoms in total. The van der Waals surface area contributed by atoms with Gasteiger partial charge >= 0.3 is 0 Å².